The van der Waals surface area contributed by atoms with Gasteiger partial charge >= 0.3 is 0 Å². The molecular weight excluding hydrogens is 290 g/mol. The van der Waals surface area contributed by atoms with E-state index >= 15 is 0 Å². The van der Waals surface area contributed by atoms with Gasteiger partial charge in [-0.2, -0.15) is 0 Å². The van der Waals surface area contributed by atoms with Gasteiger partial charge in [0.25, 0.3) is 0 Å². The van der Waals surface area contributed by atoms with Gasteiger partial charge in [-0.1, -0.05) is 53.7 Å². The number of nitrogens with zero attached hydrogens (tertiary/aromatic N) is 1. The van der Waals surface area contributed by atoms with E-state index in [9.17, 15) is 0 Å². The Bertz CT molecular complexity index is 659. The van der Waals surface area contributed by atoms with E-state index in [1.165, 1.54) is 27.9 Å². The summed E-state index contributed by atoms with van der Waals surface area (Å²) >= 11 is 0. The first kappa shape index (κ1) is 18.7. The highest BCUT2D eigenvalue weighted by Crippen LogP contribution is 2.31. The van der Waals surface area contributed by atoms with Gasteiger partial charge < -0.3 is 0 Å². The molecule has 0 saturated heterocycles. The van der Waals surface area contributed by atoms with Crippen molar-refractivity contribution in [1.82, 2.24) is 0 Å². The fraction of sp³-hybridized carbons (Fsp3) is 0.522. The minimum Gasteiger partial charge on any atom is -0.201 e. The highest BCUT2D eigenvalue weighted by Gasteiger charge is 2.24. The number of benzene rings is 1. The lowest BCUT2D eigenvalue weighted by Gasteiger charge is -2.24. The topological polar surface area (TPSA) is 3.88 Å². The summed E-state index contributed by atoms with van der Waals surface area (Å²) in [7, 11) is 2.16. The van der Waals surface area contributed by atoms with Gasteiger partial charge in [-0.3, -0.25) is 0 Å². The molecule has 1 aromatic heterocycles. The summed E-state index contributed by atoms with van der Waals surface area (Å²) in [4.78, 5) is 0. The molecule has 1 heteroatoms. The Kier molecular flexibility index (Phi) is 5.22. The highest BCUT2D eigenvalue weighted by molar-refractivity contribution is 5.62. The van der Waals surface area contributed by atoms with Crippen molar-refractivity contribution in [3.63, 3.8) is 0 Å². The monoisotopic (exact) mass is 324 g/mol. The van der Waals surface area contributed by atoms with Crippen molar-refractivity contribution in [3.05, 3.63) is 53.2 Å². The van der Waals surface area contributed by atoms with Gasteiger partial charge in [0, 0.05) is 17.2 Å². The molecule has 24 heavy (non-hydrogen) atoms. The molecule has 0 unspecified atom stereocenters. The molecule has 0 atom stereocenters. The maximum atomic E-state index is 2.36. The first-order valence-corrected chi connectivity index (χ1v) is 9.24. The Balaban J connectivity index is 2.46. The van der Waals surface area contributed by atoms with Crippen LogP contribution in [0.15, 0.2) is 36.5 Å². The number of aryl methyl sites for hydroxylation is 2. The van der Waals surface area contributed by atoms with E-state index in [0.717, 1.165) is 12.8 Å². The SMILES string of the molecule is CCC(C)(C)c1ccc(-c2ccc(C(C)(C)CC)c[n+]2C)c(C)c1. The molecule has 1 aromatic carbocycles. The van der Waals surface area contributed by atoms with E-state index < -0.39 is 0 Å². The second kappa shape index (κ2) is 6.70. The third-order valence-electron chi connectivity index (χ3n) is 5.97. The molecule has 0 amide bonds. The molecule has 0 N–H and O–H groups in total. The van der Waals surface area contributed by atoms with Crippen molar-refractivity contribution in [2.24, 2.45) is 7.05 Å². The average molecular weight is 325 g/mol. The minimum absolute atomic E-state index is 0.223. The van der Waals surface area contributed by atoms with Gasteiger partial charge in [0.1, 0.15) is 7.05 Å². The van der Waals surface area contributed by atoms with Crippen LogP contribution < -0.4 is 4.57 Å². The lowest BCUT2D eigenvalue weighted by atomic mass is 9.80. The summed E-state index contributed by atoms with van der Waals surface area (Å²) in [5.41, 5.74) is 7.25. The van der Waals surface area contributed by atoms with Crippen molar-refractivity contribution in [2.45, 2.75) is 72.1 Å². The summed E-state index contributed by atoms with van der Waals surface area (Å²) < 4.78 is 2.28. The third kappa shape index (κ3) is 3.55. The summed E-state index contributed by atoms with van der Waals surface area (Å²) in [5.74, 6) is 0. The number of aromatic nitrogens is 1. The number of hydrogen-bond acceptors (Lipinski definition) is 0. The average Bonchev–Trinajstić information content (AvgIpc) is 2.55. The number of hydrogen-bond donors (Lipinski definition) is 0. The van der Waals surface area contributed by atoms with Gasteiger partial charge in [-0.25, -0.2) is 4.57 Å². The maximum absolute atomic E-state index is 2.36. The quantitative estimate of drug-likeness (QED) is 0.606. The zero-order chi connectivity index (χ0) is 18.1. The molecule has 0 aliphatic rings. The Labute approximate surface area is 148 Å². The first-order valence-electron chi connectivity index (χ1n) is 9.24. The molecule has 1 nitrogen and oxygen atoms in total. The molecule has 0 bridgehead atoms. The lowest BCUT2D eigenvalue weighted by molar-refractivity contribution is -0.661. The Morgan fingerprint density at radius 1 is 0.833 bits per heavy atom. The van der Waals surface area contributed by atoms with E-state index in [0.29, 0.717) is 0 Å². The molecule has 0 saturated carbocycles. The van der Waals surface area contributed by atoms with Gasteiger partial charge in [-0.15, -0.1) is 0 Å². The second-order valence-corrected chi connectivity index (χ2v) is 8.42. The van der Waals surface area contributed by atoms with Crippen molar-refractivity contribution in [1.29, 1.82) is 0 Å². The van der Waals surface area contributed by atoms with Crippen molar-refractivity contribution < 1.29 is 4.57 Å². The fourth-order valence-electron chi connectivity index (χ4n) is 3.07. The molecule has 0 radical (unpaired) electrons. The zero-order valence-electron chi connectivity index (χ0n) is 16.8. The molecule has 0 aliphatic carbocycles. The van der Waals surface area contributed by atoms with Gasteiger partial charge in [-0.05, 0) is 53.9 Å². The lowest BCUT2D eigenvalue weighted by Crippen LogP contribution is -2.33. The van der Waals surface area contributed by atoms with Crippen LogP contribution in [0.5, 0.6) is 0 Å². The van der Waals surface area contributed by atoms with Crippen LogP contribution in [0.25, 0.3) is 11.3 Å². The largest absolute Gasteiger partial charge is 0.212 e. The van der Waals surface area contributed by atoms with Crippen LogP contribution >= 0.6 is 0 Å². The Morgan fingerprint density at radius 2 is 1.38 bits per heavy atom. The van der Waals surface area contributed by atoms with Crippen LogP contribution in [0.2, 0.25) is 0 Å². The zero-order valence-corrected chi connectivity index (χ0v) is 16.8. The maximum Gasteiger partial charge on any atom is 0.212 e. The molecular formula is C23H34N+. The molecule has 2 aromatic rings. The molecule has 0 fully saturated rings. The van der Waals surface area contributed by atoms with Crippen LogP contribution in [0.3, 0.4) is 0 Å². The summed E-state index contributed by atoms with van der Waals surface area (Å²) in [6.07, 6.45) is 4.59. The van der Waals surface area contributed by atoms with Crippen LogP contribution in [0.4, 0.5) is 0 Å². The first-order chi connectivity index (χ1) is 11.1. The van der Waals surface area contributed by atoms with Crippen LogP contribution in [-0.4, -0.2) is 0 Å². The van der Waals surface area contributed by atoms with E-state index in [1.807, 2.05) is 0 Å². The Morgan fingerprint density at radius 3 is 1.88 bits per heavy atom. The minimum atomic E-state index is 0.223. The molecule has 2 rings (SSSR count). The second-order valence-electron chi connectivity index (χ2n) is 8.42. The van der Waals surface area contributed by atoms with Crippen LogP contribution in [-0.2, 0) is 17.9 Å². The van der Waals surface area contributed by atoms with Gasteiger partial charge in [0.15, 0.2) is 6.20 Å². The smallest absolute Gasteiger partial charge is 0.201 e. The fourth-order valence-corrected chi connectivity index (χ4v) is 3.07. The highest BCUT2D eigenvalue weighted by atomic mass is 14.9. The van der Waals surface area contributed by atoms with E-state index in [2.05, 4.69) is 96.6 Å². The number of pyridine rings is 1. The molecule has 1 heterocycles. The van der Waals surface area contributed by atoms with Gasteiger partial charge in [0.2, 0.25) is 5.69 Å². The normalized spacial score (nSPS) is 12.5. The third-order valence-corrected chi connectivity index (χ3v) is 5.97. The molecule has 0 spiro atoms. The van der Waals surface area contributed by atoms with E-state index in [4.69, 9.17) is 0 Å². The van der Waals surface area contributed by atoms with Crippen molar-refractivity contribution in [2.75, 3.05) is 0 Å². The number of rotatable bonds is 5. The van der Waals surface area contributed by atoms with Crippen molar-refractivity contribution >= 4 is 0 Å². The van der Waals surface area contributed by atoms with E-state index in [1.54, 1.807) is 0 Å². The molecule has 0 aliphatic heterocycles. The molecule has 130 valence electrons. The summed E-state index contributed by atoms with van der Waals surface area (Å²) in [6, 6.07) is 11.5. The summed E-state index contributed by atoms with van der Waals surface area (Å²) in [6.45, 7) is 16.0. The van der Waals surface area contributed by atoms with Crippen LogP contribution in [0, 0.1) is 6.92 Å². The summed E-state index contributed by atoms with van der Waals surface area (Å²) in [5, 5.41) is 0. The van der Waals surface area contributed by atoms with Crippen LogP contribution in [0.1, 0.15) is 71.1 Å². The Hall–Kier alpha value is -1.63. The van der Waals surface area contributed by atoms with E-state index in [-0.39, 0.29) is 10.8 Å². The standard InChI is InChI=1S/C23H34N/c1-9-22(4,5)18-11-13-20(17(3)15-18)21-14-12-19(16-24(21)8)23(6,7)10-2/h11-16H,9-10H2,1-8H3/q+1. The van der Waals surface area contributed by atoms with Gasteiger partial charge in [0.05, 0.1) is 0 Å². The predicted octanol–water partition coefficient (Wildman–Crippen LogP) is 5.86. The van der Waals surface area contributed by atoms with Crippen molar-refractivity contribution in [3.8, 4) is 11.3 Å². The predicted molar refractivity (Wildman–Crippen MR) is 104 cm³/mol.